The van der Waals surface area contributed by atoms with Crippen LogP contribution in [0.3, 0.4) is 0 Å². The molecule has 0 saturated carbocycles. The Balaban J connectivity index is 1.85. The van der Waals surface area contributed by atoms with Gasteiger partial charge in [0.15, 0.2) is 11.9 Å². The SMILES string of the molecule is Cc1ccc(CSC2=C(C(=O)O)N3C(=O)C([C@@H](C)O)C3[C@H]2C)c[n+]1C. The Kier molecular flexibility index (Phi) is 4.64. The number of carboxylic acid groups (broad SMARTS) is 1. The zero-order chi connectivity index (χ0) is 18.5. The molecule has 4 atom stereocenters. The number of hydrogen-bond acceptors (Lipinski definition) is 4. The predicted molar refractivity (Wildman–Crippen MR) is 93.3 cm³/mol. The number of aliphatic hydroxyl groups excluding tert-OH is 1. The molecule has 0 bridgehead atoms. The number of aliphatic hydroxyl groups is 1. The van der Waals surface area contributed by atoms with E-state index in [1.165, 1.54) is 16.7 Å². The summed E-state index contributed by atoms with van der Waals surface area (Å²) in [6.07, 6.45) is 1.26. The number of β-lactam (4-membered cyclic amide) rings is 1. The van der Waals surface area contributed by atoms with Crippen molar-refractivity contribution in [1.29, 1.82) is 0 Å². The van der Waals surface area contributed by atoms with Crippen LogP contribution < -0.4 is 4.57 Å². The Bertz CT molecular complexity index is 774. The molecule has 1 saturated heterocycles. The molecule has 2 aliphatic heterocycles. The lowest BCUT2D eigenvalue weighted by molar-refractivity contribution is -0.678. The summed E-state index contributed by atoms with van der Waals surface area (Å²) in [6, 6.07) is 3.80. The number of aromatic nitrogens is 1. The van der Waals surface area contributed by atoms with Crippen molar-refractivity contribution in [1.82, 2.24) is 4.90 Å². The van der Waals surface area contributed by atoms with Crippen LogP contribution in [-0.4, -0.2) is 39.1 Å². The zero-order valence-corrected chi connectivity index (χ0v) is 15.6. The van der Waals surface area contributed by atoms with Gasteiger partial charge in [-0.3, -0.25) is 4.79 Å². The van der Waals surface area contributed by atoms with E-state index in [9.17, 15) is 19.8 Å². The second-order valence-corrected chi connectivity index (χ2v) is 7.87. The second-order valence-electron chi connectivity index (χ2n) is 6.85. The molecule has 2 aliphatic rings. The minimum atomic E-state index is -1.08. The highest BCUT2D eigenvalue weighted by Crippen LogP contribution is 2.50. The molecule has 1 amide bonds. The summed E-state index contributed by atoms with van der Waals surface area (Å²) >= 11 is 1.47. The summed E-state index contributed by atoms with van der Waals surface area (Å²) < 4.78 is 2.03. The summed E-state index contributed by atoms with van der Waals surface area (Å²) in [6.45, 7) is 5.55. The van der Waals surface area contributed by atoms with E-state index in [1.54, 1.807) is 6.92 Å². The van der Waals surface area contributed by atoms with E-state index in [0.29, 0.717) is 5.75 Å². The fourth-order valence-corrected chi connectivity index (χ4v) is 4.92. The summed E-state index contributed by atoms with van der Waals surface area (Å²) in [5, 5.41) is 19.5. The molecule has 3 heterocycles. The second kappa shape index (κ2) is 6.46. The van der Waals surface area contributed by atoms with Crippen molar-refractivity contribution in [3.63, 3.8) is 0 Å². The third-order valence-electron chi connectivity index (χ3n) is 5.16. The summed E-state index contributed by atoms with van der Waals surface area (Å²) in [7, 11) is 1.97. The van der Waals surface area contributed by atoms with Crippen LogP contribution in [0.1, 0.15) is 25.1 Å². The summed E-state index contributed by atoms with van der Waals surface area (Å²) in [5.74, 6) is -1.34. The molecular formula is C18H23N2O4S+. The van der Waals surface area contributed by atoms with Crippen molar-refractivity contribution >= 4 is 23.6 Å². The number of aliphatic carboxylic acids is 1. The molecule has 3 rings (SSSR count). The Morgan fingerprint density at radius 2 is 2.12 bits per heavy atom. The molecule has 6 nitrogen and oxygen atoms in total. The van der Waals surface area contributed by atoms with Crippen molar-refractivity contribution in [2.75, 3.05) is 0 Å². The lowest BCUT2D eigenvalue weighted by Gasteiger charge is -2.46. The number of hydrogen-bond donors (Lipinski definition) is 2. The van der Waals surface area contributed by atoms with E-state index < -0.39 is 18.0 Å². The molecule has 1 aromatic rings. The maximum absolute atomic E-state index is 12.3. The van der Waals surface area contributed by atoms with Crippen LogP contribution >= 0.6 is 11.8 Å². The summed E-state index contributed by atoms with van der Waals surface area (Å²) in [4.78, 5) is 26.1. The average Bonchev–Trinajstić information content (AvgIpc) is 2.77. The lowest BCUT2D eigenvalue weighted by Crippen LogP contribution is -2.63. The molecule has 0 aromatic carbocycles. The van der Waals surface area contributed by atoms with Gasteiger partial charge in [0.1, 0.15) is 12.7 Å². The average molecular weight is 363 g/mol. The Morgan fingerprint density at radius 1 is 1.44 bits per heavy atom. The lowest BCUT2D eigenvalue weighted by atomic mass is 9.79. The molecule has 1 aromatic heterocycles. The van der Waals surface area contributed by atoms with Crippen LogP contribution in [-0.2, 0) is 22.4 Å². The van der Waals surface area contributed by atoms with Gasteiger partial charge in [-0.2, -0.15) is 0 Å². The van der Waals surface area contributed by atoms with Crippen LogP contribution in [0.15, 0.2) is 28.9 Å². The minimum absolute atomic E-state index is 0.0842. The maximum atomic E-state index is 12.3. The number of carbonyl (C=O) groups is 2. The monoisotopic (exact) mass is 363 g/mol. The van der Waals surface area contributed by atoms with Crippen LogP contribution in [0.25, 0.3) is 0 Å². The fourth-order valence-electron chi connectivity index (χ4n) is 3.70. The van der Waals surface area contributed by atoms with Crippen LogP contribution in [0, 0.1) is 18.8 Å². The van der Waals surface area contributed by atoms with E-state index >= 15 is 0 Å². The molecule has 1 fully saturated rings. The first-order chi connectivity index (χ1) is 11.7. The van der Waals surface area contributed by atoms with E-state index in [1.807, 2.05) is 43.8 Å². The van der Waals surface area contributed by atoms with E-state index in [0.717, 1.165) is 16.2 Å². The van der Waals surface area contributed by atoms with Gasteiger partial charge in [0.05, 0.1) is 18.1 Å². The number of aryl methyl sites for hydroxylation is 2. The van der Waals surface area contributed by atoms with Crippen LogP contribution in [0.2, 0.25) is 0 Å². The number of thioether (sulfide) groups is 1. The van der Waals surface area contributed by atoms with Crippen LogP contribution in [0.5, 0.6) is 0 Å². The van der Waals surface area contributed by atoms with Crippen molar-refractivity contribution in [2.24, 2.45) is 18.9 Å². The van der Waals surface area contributed by atoms with Gasteiger partial charge in [-0.25, -0.2) is 9.36 Å². The summed E-state index contributed by atoms with van der Waals surface area (Å²) in [5.41, 5.74) is 2.32. The number of nitrogens with zero attached hydrogens (tertiary/aromatic N) is 2. The smallest absolute Gasteiger partial charge is 0.353 e. The number of rotatable bonds is 5. The Morgan fingerprint density at radius 3 is 2.68 bits per heavy atom. The highest BCUT2D eigenvalue weighted by atomic mass is 32.2. The molecule has 0 aliphatic carbocycles. The van der Waals surface area contributed by atoms with Gasteiger partial charge in [-0.05, 0) is 13.0 Å². The molecule has 2 unspecified atom stereocenters. The van der Waals surface area contributed by atoms with Gasteiger partial charge >= 0.3 is 5.97 Å². The van der Waals surface area contributed by atoms with E-state index in [-0.39, 0.29) is 23.6 Å². The van der Waals surface area contributed by atoms with Gasteiger partial charge in [0.2, 0.25) is 5.91 Å². The Labute approximate surface area is 151 Å². The minimum Gasteiger partial charge on any atom is -0.477 e. The third-order valence-corrected chi connectivity index (χ3v) is 6.51. The van der Waals surface area contributed by atoms with Crippen molar-refractivity contribution in [3.05, 3.63) is 40.2 Å². The number of pyridine rings is 1. The van der Waals surface area contributed by atoms with Crippen molar-refractivity contribution in [3.8, 4) is 0 Å². The highest BCUT2D eigenvalue weighted by molar-refractivity contribution is 8.02. The standard InChI is InChI=1S/C18H22N2O4S/c1-9-5-6-12(7-19(9)4)8-25-16-10(2)14-13(11(3)21)17(22)20(14)15(16)18(23)24/h5-7,10-11,13-14,21H,8H2,1-4H3/p+1/t10-,11-,13?,14?/m1/s1. The first kappa shape index (κ1) is 17.9. The van der Waals surface area contributed by atoms with Crippen molar-refractivity contribution in [2.45, 2.75) is 38.7 Å². The molecule has 25 heavy (non-hydrogen) atoms. The number of fused-ring (bicyclic) bond motifs is 1. The first-order valence-corrected chi connectivity index (χ1v) is 9.29. The molecule has 2 N–H and O–H groups in total. The van der Waals surface area contributed by atoms with E-state index in [2.05, 4.69) is 0 Å². The van der Waals surface area contributed by atoms with Crippen molar-refractivity contribution < 1.29 is 24.4 Å². The first-order valence-electron chi connectivity index (χ1n) is 8.30. The normalized spacial score (nSPS) is 26.5. The van der Waals surface area contributed by atoms with Gasteiger partial charge in [-0.15, -0.1) is 11.8 Å². The predicted octanol–water partition coefficient (Wildman–Crippen LogP) is 1.21. The molecule has 134 valence electrons. The largest absolute Gasteiger partial charge is 0.477 e. The third kappa shape index (κ3) is 2.85. The number of carbonyl (C=O) groups excluding carboxylic acids is 1. The van der Waals surface area contributed by atoms with Gasteiger partial charge in [0, 0.05) is 35.1 Å². The topological polar surface area (TPSA) is 81.7 Å². The molecule has 0 radical (unpaired) electrons. The zero-order valence-electron chi connectivity index (χ0n) is 14.8. The quantitative estimate of drug-likeness (QED) is 0.607. The fraction of sp³-hybridized carbons (Fsp3) is 0.500. The van der Waals surface area contributed by atoms with Crippen LogP contribution in [0.4, 0.5) is 0 Å². The number of amides is 1. The Hall–Kier alpha value is -1.86. The van der Waals surface area contributed by atoms with Gasteiger partial charge in [0.25, 0.3) is 0 Å². The molecule has 7 heteroatoms. The van der Waals surface area contributed by atoms with E-state index in [4.69, 9.17) is 0 Å². The van der Waals surface area contributed by atoms with Gasteiger partial charge < -0.3 is 15.1 Å². The molecule has 0 spiro atoms. The maximum Gasteiger partial charge on any atom is 0.353 e. The number of carboxylic acids is 1. The van der Waals surface area contributed by atoms with Gasteiger partial charge in [-0.1, -0.05) is 6.92 Å². The highest BCUT2D eigenvalue weighted by Gasteiger charge is 2.59. The molecular weight excluding hydrogens is 340 g/mol.